The quantitative estimate of drug-likeness (QED) is 0.485. The molecule has 1 aromatic heterocycles. The van der Waals surface area contributed by atoms with E-state index in [-0.39, 0.29) is 17.7 Å². The molecule has 2 aliphatic rings. The van der Waals surface area contributed by atoms with Gasteiger partial charge in [-0.15, -0.1) is 11.3 Å². The molecule has 1 amide bonds. The second-order valence-electron chi connectivity index (χ2n) is 8.62. The molecule has 2 heterocycles. The SMILES string of the molecule is N#CC(c1nc2ccccc2s1)C1(c2ccccc2)NC(=O)[C@@]2(C#N)[C@H](c3ccccc3)[C@H]12. The minimum absolute atomic E-state index is 0.289. The summed E-state index contributed by atoms with van der Waals surface area (Å²) in [5, 5.41) is 24.6. The van der Waals surface area contributed by atoms with Crippen LogP contribution in [0.4, 0.5) is 0 Å². The molecule has 6 rings (SSSR count). The van der Waals surface area contributed by atoms with E-state index in [1.54, 1.807) is 0 Å². The maximum Gasteiger partial charge on any atom is 0.242 e. The van der Waals surface area contributed by atoms with Gasteiger partial charge in [-0.2, -0.15) is 10.5 Å². The zero-order valence-electron chi connectivity index (χ0n) is 17.5. The fourth-order valence-corrected chi connectivity index (χ4v) is 6.81. The maximum absolute atomic E-state index is 13.5. The van der Waals surface area contributed by atoms with Gasteiger partial charge in [-0.25, -0.2) is 4.98 Å². The number of carbonyl (C=O) groups excluding carboxylic acids is 1. The van der Waals surface area contributed by atoms with Crippen LogP contribution in [0.25, 0.3) is 10.2 Å². The summed E-state index contributed by atoms with van der Waals surface area (Å²) in [6.07, 6.45) is 0. The van der Waals surface area contributed by atoms with Crippen molar-refractivity contribution in [3.8, 4) is 12.1 Å². The Kier molecular flexibility index (Phi) is 4.17. The van der Waals surface area contributed by atoms with Gasteiger partial charge in [0, 0.05) is 11.8 Å². The van der Waals surface area contributed by atoms with Gasteiger partial charge in [0.05, 0.1) is 27.9 Å². The number of amides is 1. The molecule has 2 fully saturated rings. The van der Waals surface area contributed by atoms with Gasteiger partial charge >= 0.3 is 0 Å². The third kappa shape index (κ3) is 2.50. The number of fused-ring (bicyclic) bond motifs is 2. The second-order valence-corrected chi connectivity index (χ2v) is 9.68. The molecular formula is C27H18N4OS. The number of hydrogen-bond donors (Lipinski definition) is 1. The van der Waals surface area contributed by atoms with Crippen molar-refractivity contribution in [2.45, 2.75) is 17.4 Å². The van der Waals surface area contributed by atoms with E-state index < -0.39 is 16.9 Å². The fraction of sp³-hybridized carbons (Fsp3) is 0.185. The van der Waals surface area contributed by atoms with Gasteiger partial charge < -0.3 is 5.32 Å². The summed E-state index contributed by atoms with van der Waals surface area (Å²) in [5.74, 6) is -1.73. The van der Waals surface area contributed by atoms with E-state index in [1.165, 1.54) is 11.3 Å². The van der Waals surface area contributed by atoms with Crippen LogP contribution in [0.15, 0.2) is 84.9 Å². The van der Waals surface area contributed by atoms with Crippen LogP contribution >= 0.6 is 11.3 Å². The lowest BCUT2D eigenvalue weighted by Gasteiger charge is -2.36. The summed E-state index contributed by atoms with van der Waals surface area (Å²) in [4.78, 5) is 18.3. The van der Waals surface area contributed by atoms with Crippen molar-refractivity contribution in [3.05, 3.63) is 101 Å². The van der Waals surface area contributed by atoms with E-state index in [9.17, 15) is 15.3 Å². The number of para-hydroxylation sites is 1. The number of carbonyl (C=O) groups is 1. The Balaban J connectivity index is 1.60. The predicted octanol–water partition coefficient (Wildman–Crippen LogP) is 4.85. The molecule has 1 aliphatic carbocycles. The molecule has 6 heteroatoms. The minimum atomic E-state index is -1.21. The van der Waals surface area contributed by atoms with E-state index in [0.29, 0.717) is 5.01 Å². The summed E-state index contributed by atoms with van der Waals surface area (Å²) in [6, 6.07) is 31.9. The molecule has 0 radical (unpaired) electrons. The summed E-state index contributed by atoms with van der Waals surface area (Å²) in [7, 11) is 0. The maximum atomic E-state index is 13.5. The summed E-state index contributed by atoms with van der Waals surface area (Å²) >= 11 is 1.47. The molecular weight excluding hydrogens is 428 g/mol. The predicted molar refractivity (Wildman–Crippen MR) is 125 cm³/mol. The highest BCUT2D eigenvalue weighted by atomic mass is 32.1. The zero-order valence-corrected chi connectivity index (χ0v) is 18.3. The summed E-state index contributed by atoms with van der Waals surface area (Å²) in [6.45, 7) is 0. The van der Waals surface area contributed by atoms with E-state index in [0.717, 1.165) is 21.3 Å². The first kappa shape index (κ1) is 19.7. The van der Waals surface area contributed by atoms with E-state index in [4.69, 9.17) is 4.98 Å². The normalized spacial score (nSPS) is 28.4. The highest BCUT2D eigenvalue weighted by Gasteiger charge is 2.84. The van der Waals surface area contributed by atoms with E-state index in [2.05, 4.69) is 17.5 Å². The van der Waals surface area contributed by atoms with E-state index in [1.807, 2.05) is 84.9 Å². The van der Waals surface area contributed by atoms with Crippen molar-refractivity contribution < 1.29 is 4.79 Å². The molecule has 0 bridgehead atoms. The van der Waals surface area contributed by atoms with Crippen LogP contribution < -0.4 is 5.32 Å². The average molecular weight is 447 g/mol. The average Bonchev–Trinajstić information content (AvgIpc) is 3.27. The Morgan fingerprint density at radius 3 is 2.27 bits per heavy atom. The number of nitrogens with one attached hydrogen (secondary N) is 1. The number of piperidine rings is 1. The molecule has 1 saturated heterocycles. The van der Waals surface area contributed by atoms with Crippen molar-refractivity contribution in [1.82, 2.24) is 10.3 Å². The van der Waals surface area contributed by atoms with Gasteiger partial charge in [0.25, 0.3) is 0 Å². The van der Waals surface area contributed by atoms with Crippen LogP contribution in [0.2, 0.25) is 0 Å². The van der Waals surface area contributed by atoms with Crippen molar-refractivity contribution in [3.63, 3.8) is 0 Å². The van der Waals surface area contributed by atoms with Crippen molar-refractivity contribution in [1.29, 1.82) is 10.5 Å². The molecule has 1 N–H and O–H groups in total. The number of thiazole rings is 1. The minimum Gasteiger partial charge on any atom is -0.343 e. The number of hydrogen-bond acceptors (Lipinski definition) is 5. The molecule has 1 saturated carbocycles. The molecule has 2 unspecified atom stereocenters. The largest absolute Gasteiger partial charge is 0.343 e. The van der Waals surface area contributed by atoms with Gasteiger partial charge in [0.2, 0.25) is 5.91 Å². The van der Waals surface area contributed by atoms with Crippen molar-refractivity contribution >= 4 is 27.5 Å². The lowest BCUT2D eigenvalue weighted by molar-refractivity contribution is -0.124. The van der Waals surface area contributed by atoms with Gasteiger partial charge in [-0.1, -0.05) is 72.8 Å². The standard InChI is InChI=1S/C27H18N4OS/c28-15-19(24-30-20-13-7-8-14-21(20)33-24)27(18-11-5-2-6-12-18)23-22(17-9-3-1-4-10-17)26(23,16-29)25(32)31-27/h1-14,19,22-23H,(H,31,32)/t19?,22-,23+,26+,27?/m1/s1. The Bertz CT molecular complexity index is 1440. The Hall–Kier alpha value is -4.00. The van der Waals surface area contributed by atoms with Gasteiger partial charge in [0.1, 0.15) is 16.3 Å². The highest BCUT2D eigenvalue weighted by molar-refractivity contribution is 7.18. The number of aromatic nitrogens is 1. The molecule has 5 atom stereocenters. The van der Waals surface area contributed by atoms with Crippen LogP contribution in [-0.4, -0.2) is 10.9 Å². The smallest absolute Gasteiger partial charge is 0.242 e. The first-order valence-electron chi connectivity index (χ1n) is 10.8. The molecule has 158 valence electrons. The number of nitrogens with zero attached hydrogens (tertiary/aromatic N) is 3. The lowest BCUT2D eigenvalue weighted by atomic mass is 9.74. The van der Waals surface area contributed by atoms with Crippen LogP contribution in [0.5, 0.6) is 0 Å². The van der Waals surface area contributed by atoms with Gasteiger partial charge in [0.15, 0.2) is 0 Å². The number of nitriles is 2. The van der Waals surface area contributed by atoms with E-state index >= 15 is 0 Å². The zero-order chi connectivity index (χ0) is 22.6. The van der Waals surface area contributed by atoms with Crippen molar-refractivity contribution in [2.75, 3.05) is 0 Å². The second kappa shape index (κ2) is 7.00. The first-order valence-corrected chi connectivity index (χ1v) is 11.6. The first-order chi connectivity index (χ1) is 16.2. The molecule has 1 aliphatic heterocycles. The van der Waals surface area contributed by atoms with Gasteiger partial charge in [-0.05, 0) is 23.3 Å². The van der Waals surface area contributed by atoms with Gasteiger partial charge in [-0.3, -0.25) is 4.79 Å². The highest BCUT2D eigenvalue weighted by Crippen LogP contribution is 2.76. The summed E-state index contributed by atoms with van der Waals surface area (Å²) in [5.41, 5.74) is 0.331. The molecule has 3 aromatic carbocycles. The van der Waals surface area contributed by atoms with Crippen LogP contribution in [0.3, 0.4) is 0 Å². The van der Waals surface area contributed by atoms with Crippen LogP contribution in [-0.2, 0) is 10.3 Å². The van der Waals surface area contributed by atoms with Crippen LogP contribution in [0.1, 0.15) is 28.0 Å². The molecule has 4 aromatic rings. The Morgan fingerprint density at radius 1 is 0.939 bits per heavy atom. The third-order valence-corrected chi connectivity index (χ3v) is 8.23. The van der Waals surface area contributed by atoms with Crippen LogP contribution in [0, 0.1) is 34.0 Å². The van der Waals surface area contributed by atoms with Crippen molar-refractivity contribution in [2.24, 2.45) is 11.3 Å². The Morgan fingerprint density at radius 2 is 1.61 bits per heavy atom. The molecule has 0 spiro atoms. The fourth-order valence-electron chi connectivity index (χ4n) is 5.72. The Labute approximate surface area is 194 Å². The molecule has 5 nitrogen and oxygen atoms in total. The topological polar surface area (TPSA) is 89.6 Å². The number of rotatable bonds is 4. The monoisotopic (exact) mass is 446 g/mol. The summed E-state index contributed by atoms with van der Waals surface area (Å²) < 4.78 is 0.988. The third-order valence-electron chi connectivity index (χ3n) is 7.13. The number of benzene rings is 3. The molecule has 33 heavy (non-hydrogen) atoms. The lowest BCUT2D eigenvalue weighted by Crippen LogP contribution is -2.48.